The van der Waals surface area contributed by atoms with Crippen LogP contribution in [0.25, 0.3) is 0 Å². The maximum absolute atomic E-state index is 11.4. The number of likely N-dealkylation sites (N-methyl/N-ethyl adjacent to an activating group) is 2. The molecule has 0 aliphatic carbocycles. The summed E-state index contributed by atoms with van der Waals surface area (Å²) in [7, 11) is 10.5. The van der Waals surface area contributed by atoms with E-state index in [9.17, 15) is 9.59 Å². The fourth-order valence-corrected chi connectivity index (χ4v) is 3.23. The number of allylic oxidation sites excluding steroid dienone is 2. The van der Waals surface area contributed by atoms with Crippen LogP contribution >= 0.6 is 0 Å². The number of rotatable bonds is 17. The summed E-state index contributed by atoms with van der Waals surface area (Å²) in [6, 6.07) is -0.192. The Hall–Kier alpha value is -1.66. The fraction of sp³-hybridized carbons (Fsp3) is 0.760. The summed E-state index contributed by atoms with van der Waals surface area (Å²) in [5.41, 5.74) is 0. The Morgan fingerprint density at radius 2 is 1.00 bits per heavy atom. The van der Waals surface area contributed by atoms with Crippen molar-refractivity contribution in [1.29, 1.82) is 0 Å². The highest BCUT2D eigenvalue weighted by Gasteiger charge is 2.21. The number of ether oxygens (including phenoxy) is 2. The van der Waals surface area contributed by atoms with E-state index in [1.807, 2.05) is 50.1 Å². The van der Waals surface area contributed by atoms with Crippen molar-refractivity contribution in [1.82, 2.24) is 9.80 Å². The Morgan fingerprint density at radius 1 is 0.677 bits per heavy atom. The summed E-state index contributed by atoms with van der Waals surface area (Å²) in [5.74, 6) is -0.264. The molecule has 2 atom stereocenters. The maximum atomic E-state index is 11.4. The van der Waals surface area contributed by atoms with Gasteiger partial charge in [0.05, 0.1) is 14.2 Å². The zero-order valence-corrected chi connectivity index (χ0v) is 21.0. The van der Waals surface area contributed by atoms with E-state index >= 15 is 0 Å². The summed E-state index contributed by atoms with van der Waals surface area (Å²) in [6.45, 7) is 7.38. The molecular weight excluding hydrogens is 392 g/mol. The summed E-state index contributed by atoms with van der Waals surface area (Å²) >= 11 is 0. The van der Waals surface area contributed by atoms with Gasteiger partial charge in [0.25, 0.3) is 0 Å². The molecule has 2 unspecified atom stereocenters. The Bertz CT molecular complexity index is 478. The van der Waals surface area contributed by atoms with Gasteiger partial charge in [-0.25, -0.2) is 0 Å². The fourth-order valence-electron chi connectivity index (χ4n) is 3.23. The molecule has 0 spiro atoms. The average molecular weight is 441 g/mol. The van der Waals surface area contributed by atoms with Crippen LogP contribution in [0.2, 0.25) is 0 Å². The van der Waals surface area contributed by atoms with Crippen LogP contribution in [0, 0.1) is 0 Å². The van der Waals surface area contributed by atoms with Crippen LogP contribution in [0.1, 0.15) is 70.6 Å². The number of nitrogens with zero attached hydrogens (tertiary/aromatic N) is 2. The van der Waals surface area contributed by atoms with Crippen LogP contribution in [-0.2, 0) is 19.1 Å². The molecule has 182 valence electrons. The first-order valence-electron chi connectivity index (χ1n) is 11.5. The predicted molar refractivity (Wildman–Crippen MR) is 130 cm³/mol. The van der Waals surface area contributed by atoms with Crippen LogP contribution in [0.4, 0.5) is 0 Å². The molecule has 0 N–H and O–H groups in total. The second-order valence-electron chi connectivity index (χ2n) is 8.21. The third-order valence-electron chi connectivity index (χ3n) is 5.21. The first kappa shape index (κ1) is 31.5. The topological polar surface area (TPSA) is 59.1 Å². The smallest absolute Gasteiger partial charge is 0.323 e. The molecule has 0 saturated carbocycles. The molecular formula is C25H48N2O4. The van der Waals surface area contributed by atoms with Crippen molar-refractivity contribution in [2.45, 2.75) is 82.7 Å². The standard InChI is InChI=1S/C13H25NO2.C12H23NO2/c1-5-6-7-8-9-10-11-12(14(2)3)13(15)16-4;1-5-6-7-8-9-10-11(13(2)3)12(14)15-4/h5,12H,1,6-11H2,2-4H3;5,11H,1,6-10H2,2-4H3. The van der Waals surface area contributed by atoms with Crippen molar-refractivity contribution in [2.24, 2.45) is 0 Å². The van der Waals surface area contributed by atoms with Gasteiger partial charge in [-0.3, -0.25) is 19.4 Å². The van der Waals surface area contributed by atoms with E-state index in [0.29, 0.717) is 0 Å². The Labute approximate surface area is 191 Å². The van der Waals surface area contributed by atoms with Crippen LogP contribution < -0.4 is 0 Å². The monoisotopic (exact) mass is 440 g/mol. The van der Waals surface area contributed by atoms with Crippen molar-refractivity contribution < 1.29 is 19.1 Å². The lowest BCUT2D eigenvalue weighted by atomic mass is 10.1. The predicted octanol–water partition coefficient (Wildman–Crippen LogP) is 4.84. The van der Waals surface area contributed by atoms with Gasteiger partial charge in [0.1, 0.15) is 12.1 Å². The molecule has 0 aromatic carbocycles. The Balaban J connectivity index is 0. The van der Waals surface area contributed by atoms with Gasteiger partial charge < -0.3 is 9.47 Å². The zero-order chi connectivity index (χ0) is 24.1. The molecule has 0 saturated heterocycles. The largest absolute Gasteiger partial charge is 0.468 e. The minimum Gasteiger partial charge on any atom is -0.468 e. The highest BCUT2D eigenvalue weighted by atomic mass is 16.5. The van der Waals surface area contributed by atoms with Crippen molar-refractivity contribution in [3.63, 3.8) is 0 Å². The minimum absolute atomic E-state index is 0.0931. The van der Waals surface area contributed by atoms with E-state index in [-0.39, 0.29) is 24.0 Å². The van der Waals surface area contributed by atoms with E-state index in [1.54, 1.807) is 0 Å². The lowest BCUT2D eigenvalue weighted by Gasteiger charge is -2.21. The number of unbranched alkanes of at least 4 members (excludes halogenated alkanes) is 7. The van der Waals surface area contributed by atoms with Gasteiger partial charge in [-0.1, -0.05) is 44.3 Å². The van der Waals surface area contributed by atoms with E-state index in [4.69, 9.17) is 9.47 Å². The van der Waals surface area contributed by atoms with Gasteiger partial charge in [-0.05, 0) is 66.7 Å². The molecule has 31 heavy (non-hydrogen) atoms. The van der Waals surface area contributed by atoms with Crippen molar-refractivity contribution in [3.8, 4) is 0 Å². The molecule has 6 nitrogen and oxygen atoms in total. The average Bonchev–Trinajstić information content (AvgIpc) is 2.74. The van der Waals surface area contributed by atoms with Crippen molar-refractivity contribution >= 4 is 11.9 Å². The highest BCUT2D eigenvalue weighted by Crippen LogP contribution is 2.12. The lowest BCUT2D eigenvalue weighted by molar-refractivity contribution is -0.147. The van der Waals surface area contributed by atoms with Gasteiger partial charge in [-0.2, -0.15) is 0 Å². The summed E-state index contributed by atoms with van der Waals surface area (Å²) in [4.78, 5) is 26.7. The van der Waals surface area contributed by atoms with Crippen molar-refractivity contribution in [2.75, 3.05) is 42.4 Å². The Kier molecular flexibility index (Phi) is 21.9. The quantitative estimate of drug-likeness (QED) is 0.183. The molecule has 0 aliphatic heterocycles. The molecule has 0 amide bonds. The number of carbonyl (C=O) groups is 2. The second-order valence-corrected chi connectivity index (χ2v) is 8.21. The molecule has 0 aromatic heterocycles. The van der Waals surface area contributed by atoms with Crippen LogP contribution in [0.15, 0.2) is 25.3 Å². The number of esters is 2. The molecule has 0 radical (unpaired) electrons. The van der Waals surface area contributed by atoms with Gasteiger partial charge in [0.2, 0.25) is 0 Å². The van der Waals surface area contributed by atoms with Gasteiger partial charge in [0.15, 0.2) is 0 Å². The highest BCUT2D eigenvalue weighted by molar-refractivity contribution is 5.75. The SMILES string of the molecule is C=CCCCCCC(C(=O)OC)N(C)C.C=CCCCCCCC(C(=O)OC)N(C)C. The van der Waals surface area contributed by atoms with E-state index < -0.39 is 0 Å². The molecule has 0 rings (SSSR count). The van der Waals surface area contributed by atoms with Gasteiger partial charge in [-0.15, -0.1) is 13.2 Å². The number of methoxy groups -OCH3 is 2. The number of carbonyl (C=O) groups excluding carboxylic acids is 2. The van der Waals surface area contributed by atoms with Crippen LogP contribution in [-0.4, -0.2) is 76.2 Å². The zero-order valence-electron chi connectivity index (χ0n) is 21.0. The minimum atomic E-state index is -0.135. The first-order chi connectivity index (χ1) is 14.8. The Morgan fingerprint density at radius 3 is 1.29 bits per heavy atom. The molecule has 0 aliphatic rings. The number of hydrogen-bond donors (Lipinski definition) is 0. The third kappa shape index (κ3) is 17.7. The van der Waals surface area contributed by atoms with Crippen molar-refractivity contribution in [3.05, 3.63) is 25.3 Å². The molecule has 0 bridgehead atoms. The summed E-state index contributed by atoms with van der Waals surface area (Å²) < 4.78 is 9.53. The van der Waals surface area contributed by atoms with Gasteiger partial charge in [0, 0.05) is 0 Å². The van der Waals surface area contributed by atoms with Crippen LogP contribution in [0.5, 0.6) is 0 Å². The molecule has 0 heterocycles. The summed E-state index contributed by atoms with van der Waals surface area (Å²) in [6.07, 6.45) is 15.8. The third-order valence-corrected chi connectivity index (χ3v) is 5.21. The normalized spacial score (nSPS) is 12.5. The maximum Gasteiger partial charge on any atom is 0.323 e. The second kappa shape index (κ2) is 21.6. The molecule has 0 fully saturated rings. The van der Waals surface area contributed by atoms with E-state index in [0.717, 1.165) is 51.4 Å². The van der Waals surface area contributed by atoms with Gasteiger partial charge >= 0.3 is 11.9 Å². The molecule has 6 heteroatoms. The van der Waals surface area contributed by atoms with E-state index in [1.165, 1.54) is 33.5 Å². The number of hydrogen-bond acceptors (Lipinski definition) is 6. The summed E-state index contributed by atoms with van der Waals surface area (Å²) in [5, 5.41) is 0. The first-order valence-corrected chi connectivity index (χ1v) is 11.5. The lowest BCUT2D eigenvalue weighted by Crippen LogP contribution is -2.36. The molecule has 0 aromatic rings. The van der Waals surface area contributed by atoms with Crippen LogP contribution in [0.3, 0.4) is 0 Å². The van der Waals surface area contributed by atoms with E-state index in [2.05, 4.69) is 13.2 Å².